The summed E-state index contributed by atoms with van der Waals surface area (Å²) in [4.78, 5) is 14.6. The molecule has 1 saturated heterocycles. The van der Waals surface area contributed by atoms with Crippen LogP contribution in [-0.4, -0.2) is 49.6 Å². The van der Waals surface area contributed by atoms with Gasteiger partial charge in [-0.1, -0.05) is 17.3 Å². The summed E-state index contributed by atoms with van der Waals surface area (Å²) in [5, 5.41) is 18.4. The number of hydrogen-bond acceptors (Lipinski definition) is 4. The van der Waals surface area contributed by atoms with Crippen LogP contribution in [0.4, 0.5) is 0 Å². The molecule has 1 atom stereocenters. The highest BCUT2D eigenvalue weighted by atomic mass is 16.3. The SMILES string of the molecule is O=C(c1ccccc1-n1ccnn1)N1CCC(O)(C2CC2)C1. The first-order chi connectivity index (χ1) is 10.7. The van der Waals surface area contributed by atoms with Crippen molar-refractivity contribution in [1.82, 2.24) is 19.9 Å². The highest BCUT2D eigenvalue weighted by Crippen LogP contribution is 2.44. The predicted molar refractivity (Wildman–Crippen MR) is 79.6 cm³/mol. The molecule has 1 aromatic carbocycles. The number of carbonyl (C=O) groups excluding carboxylic acids is 1. The summed E-state index contributed by atoms with van der Waals surface area (Å²) in [6.07, 6.45) is 6.14. The summed E-state index contributed by atoms with van der Waals surface area (Å²) in [7, 11) is 0. The molecule has 4 rings (SSSR count). The molecule has 1 N–H and O–H groups in total. The molecule has 1 aliphatic carbocycles. The highest BCUT2D eigenvalue weighted by Gasteiger charge is 2.49. The van der Waals surface area contributed by atoms with E-state index in [1.165, 1.54) is 0 Å². The average Bonchev–Trinajstić information content (AvgIpc) is 3.12. The summed E-state index contributed by atoms with van der Waals surface area (Å²) in [6.45, 7) is 1.04. The van der Waals surface area contributed by atoms with Crippen LogP contribution in [0.25, 0.3) is 5.69 Å². The summed E-state index contributed by atoms with van der Waals surface area (Å²) in [5.74, 6) is 0.318. The Labute approximate surface area is 128 Å². The fourth-order valence-electron chi connectivity index (χ4n) is 3.31. The number of benzene rings is 1. The molecule has 0 radical (unpaired) electrons. The second-order valence-corrected chi connectivity index (χ2v) is 6.22. The van der Waals surface area contributed by atoms with Gasteiger partial charge in [-0.3, -0.25) is 4.79 Å². The normalized spacial score (nSPS) is 24.7. The Morgan fingerprint density at radius 1 is 1.32 bits per heavy atom. The van der Waals surface area contributed by atoms with Gasteiger partial charge < -0.3 is 10.0 Å². The van der Waals surface area contributed by atoms with Gasteiger partial charge >= 0.3 is 0 Å². The smallest absolute Gasteiger partial charge is 0.256 e. The Morgan fingerprint density at radius 2 is 2.14 bits per heavy atom. The molecule has 2 aromatic rings. The van der Waals surface area contributed by atoms with Crippen molar-refractivity contribution in [2.45, 2.75) is 24.9 Å². The Balaban J connectivity index is 1.61. The third kappa shape index (κ3) is 2.20. The largest absolute Gasteiger partial charge is 0.388 e. The number of aromatic nitrogens is 3. The third-order valence-corrected chi connectivity index (χ3v) is 4.71. The predicted octanol–water partition coefficient (Wildman–Crippen LogP) is 1.25. The number of aliphatic hydroxyl groups is 1. The molecule has 2 heterocycles. The van der Waals surface area contributed by atoms with Crippen molar-refractivity contribution >= 4 is 5.91 Å². The van der Waals surface area contributed by atoms with E-state index in [-0.39, 0.29) is 5.91 Å². The van der Waals surface area contributed by atoms with E-state index in [0.717, 1.165) is 12.8 Å². The van der Waals surface area contributed by atoms with E-state index in [4.69, 9.17) is 0 Å². The second-order valence-electron chi connectivity index (χ2n) is 6.22. The molecule has 1 amide bonds. The van der Waals surface area contributed by atoms with Gasteiger partial charge in [0, 0.05) is 6.54 Å². The lowest BCUT2D eigenvalue weighted by molar-refractivity contribution is 0.0257. The van der Waals surface area contributed by atoms with E-state index in [0.29, 0.717) is 36.7 Å². The van der Waals surface area contributed by atoms with Gasteiger partial charge in [-0.15, -0.1) is 5.10 Å². The molecule has 1 aliphatic heterocycles. The molecule has 6 heteroatoms. The van der Waals surface area contributed by atoms with Gasteiger partial charge in [0.1, 0.15) is 0 Å². The van der Waals surface area contributed by atoms with E-state index in [1.54, 1.807) is 28.0 Å². The van der Waals surface area contributed by atoms with Crippen LogP contribution in [0.1, 0.15) is 29.6 Å². The van der Waals surface area contributed by atoms with Gasteiger partial charge in [0.25, 0.3) is 5.91 Å². The van der Waals surface area contributed by atoms with Crippen molar-refractivity contribution in [3.05, 3.63) is 42.2 Å². The summed E-state index contributed by atoms with van der Waals surface area (Å²) < 4.78 is 1.59. The van der Waals surface area contributed by atoms with Crippen LogP contribution in [0.15, 0.2) is 36.7 Å². The molecule has 2 fully saturated rings. The lowest BCUT2D eigenvalue weighted by Crippen LogP contribution is -2.38. The van der Waals surface area contributed by atoms with Crippen molar-refractivity contribution < 1.29 is 9.90 Å². The minimum Gasteiger partial charge on any atom is -0.388 e. The van der Waals surface area contributed by atoms with Crippen LogP contribution in [0.2, 0.25) is 0 Å². The molecule has 2 aliphatic rings. The zero-order chi connectivity index (χ0) is 15.2. The fraction of sp³-hybridized carbons (Fsp3) is 0.438. The first kappa shape index (κ1) is 13.5. The number of β-amino-alcohol motifs (C(OH)–C–C–N with tert-alkyl or cyclic N) is 1. The summed E-state index contributed by atoms with van der Waals surface area (Å²) in [5.41, 5.74) is 0.623. The maximum absolute atomic E-state index is 12.8. The molecule has 1 unspecified atom stereocenters. The fourth-order valence-corrected chi connectivity index (χ4v) is 3.31. The van der Waals surface area contributed by atoms with Crippen molar-refractivity contribution in [2.24, 2.45) is 5.92 Å². The van der Waals surface area contributed by atoms with Crippen LogP contribution in [0.3, 0.4) is 0 Å². The lowest BCUT2D eigenvalue weighted by Gasteiger charge is -2.23. The summed E-state index contributed by atoms with van der Waals surface area (Å²) in [6, 6.07) is 7.37. The molecular formula is C16H18N4O2. The van der Waals surface area contributed by atoms with Crippen molar-refractivity contribution in [1.29, 1.82) is 0 Å². The zero-order valence-corrected chi connectivity index (χ0v) is 12.2. The minimum absolute atomic E-state index is 0.0531. The maximum Gasteiger partial charge on any atom is 0.256 e. The van der Waals surface area contributed by atoms with Gasteiger partial charge in [-0.2, -0.15) is 0 Å². The van der Waals surface area contributed by atoms with Crippen LogP contribution in [0, 0.1) is 5.92 Å². The van der Waals surface area contributed by atoms with Crippen molar-refractivity contribution in [2.75, 3.05) is 13.1 Å². The van der Waals surface area contributed by atoms with Crippen LogP contribution >= 0.6 is 0 Å². The maximum atomic E-state index is 12.8. The number of carbonyl (C=O) groups is 1. The monoisotopic (exact) mass is 298 g/mol. The standard InChI is InChI=1S/C16H18N4O2/c21-15(19-9-7-16(22,11-19)12-5-6-12)13-3-1-2-4-14(13)20-10-8-17-18-20/h1-4,8,10,12,22H,5-7,9,11H2. The van der Waals surface area contributed by atoms with Gasteiger partial charge in [0.15, 0.2) is 0 Å². The van der Waals surface area contributed by atoms with E-state index in [1.807, 2.05) is 18.2 Å². The summed E-state index contributed by atoms with van der Waals surface area (Å²) >= 11 is 0. The molecule has 6 nitrogen and oxygen atoms in total. The number of amides is 1. The highest BCUT2D eigenvalue weighted by molar-refractivity contribution is 5.98. The van der Waals surface area contributed by atoms with Crippen LogP contribution in [-0.2, 0) is 0 Å². The molecule has 114 valence electrons. The number of likely N-dealkylation sites (tertiary alicyclic amines) is 1. The number of rotatable bonds is 3. The second kappa shape index (κ2) is 4.91. The van der Waals surface area contributed by atoms with Gasteiger partial charge in [-0.25, -0.2) is 4.68 Å². The van der Waals surface area contributed by atoms with Crippen molar-refractivity contribution in [3.8, 4) is 5.69 Å². The zero-order valence-electron chi connectivity index (χ0n) is 12.2. The first-order valence-corrected chi connectivity index (χ1v) is 7.65. The molecule has 0 bridgehead atoms. The Kier molecular flexibility index (Phi) is 3.00. The van der Waals surface area contributed by atoms with E-state index >= 15 is 0 Å². The first-order valence-electron chi connectivity index (χ1n) is 7.65. The van der Waals surface area contributed by atoms with Gasteiger partial charge in [-0.05, 0) is 37.3 Å². The third-order valence-electron chi connectivity index (χ3n) is 4.71. The van der Waals surface area contributed by atoms with Crippen molar-refractivity contribution in [3.63, 3.8) is 0 Å². The minimum atomic E-state index is -0.683. The number of hydrogen-bond donors (Lipinski definition) is 1. The number of nitrogens with zero attached hydrogens (tertiary/aromatic N) is 4. The van der Waals surface area contributed by atoms with Crippen LogP contribution < -0.4 is 0 Å². The van der Waals surface area contributed by atoms with E-state index in [9.17, 15) is 9.90 Å². The molecular weight excluding hydrogens is 280 g/mol. The molecule has 1 saturated carbocycles. The Morgan fingerprint density at radius 3 is 2.86 bits per heavy atom. The quantitative estimate of drug-likeness (QED) is 0.926. The molecule has 22 heavy (non-hydrogen) atoms. The Hall–Kier alpha value is -2.21. The lowest BCUT2D eigenvalue weighted by atomic mass is 9.97. The molecule has 0 spiro atoms. The molecule has 1 aromatic heterocycles. The van der Waals surface area contributed by atoms with Gasteiger partial charge in [0.05, 0.1) is 35.8 Å². The van der Waals surface area contributed by atoms with Crippen LogP contribution in [0.5, 0.6) is 0 Å². The van der Waals surface area contributed by atoms with E-state index < -0.39 is 5.60 Å². The Bertz CT molecular complexity index is 696. The number of para-hydroxylation sites is 1. The average molecular weight is 298 g/mol. The van der Waals surface area contributed by atoms with E-state index in [2.05, 4.69) is 10.3 Å². The topological polar surface area (TPSA) is 71.2 Å². The van der Waals surface area contributed by atoms with Gasteiger partial charge in [0.2, 0.25) is 0 Å².